The van der Waals surface area contributed by atoms with Crippen molar-refractivity contribution in [2.45, 2.75) is 52.6 Å². The van der Waals surface area contributed by atoms with Gasteiger partial charge in [0.05, 0.1) is 6.10 Å². The number of rotatable bonds is 8. The van der Waals surface area contributed by atoms with E-state index < -0.39 is 6.10 Å². The Morgan fingerprint density at radius 1 is 1.20 bits per heavy atom. The van der Waals surface area contributed by atoms with E-state index in [-0.39, 0.29) is 24.8 Å². The summed E-state index contributed by atoms with van der Waals surface area (Å²) in [6, 6.07) is 8.07. The Balaban J connectivity index is 1.86. The molecule has 2 N–H and O–H groups in total. The minimum atomic E-state index is -0.534. The maximum absolute atomic E-state index is 11.8. The summed E-state index contributed by atoms with van der Waals surface area (Å²) in [6.45, 7) is 8.36. The van der Waals surface area contributed by atoms with Gasteiger partial charge in [0, 0.05) is 24.9 Å². The van der Waals surface area contributed by atoms with E-state index in [4.69, 9.17) is 4.52 Å². The Labute approximate surface area is 148 Å². The molecule has 136 valence electrons. The van der Waals surface area contributed by atoms with Crippen LogP contribution in [0, 0.1) is 5.92 Å². The molecule has 0 radical (unpaired) electrons. The molecule has 0 bridgehead atoms. The predicted octanol–water partition coefficient (Wildman–Crippen LogP) is 2.93. The summed E-state index contributed by atoms with van der Waals surface area (Å²) in [6.07, 6.45) is 0.0900. The molecule has 0 fully saturated rings. The van der Waals surface area contributed by atoms with E-state index in [1.807, 2.05) is 26.0 Å². The molecule has 0 spiro atoms. The van der Waals surface area contributed by atoms with Crippen molar-refractivity contribution in [3.8, 4) is 11.4 Å². The predicted molar refractivity (Wildman–Crippen MR) is 96.0 cm³/mol. The lowest BCUT2D eigenvalue weighted by Crippen LogP contribution is -2.34. The SMILES string of the molecule is CC(C)c1ccc(-c2noc(CCC(=O)NCC(O)C(C)C)n2)cc1. The number of nitrogens with one attached hydrogen (secondary N) is 1. The normalized spacial score (nSPS) is 12.6. The summed E-state index contributed by atoms with van der Waals surface area (Å²) in [5.74, 6) is 1.41. The van der Waals surface area contributed by atoms with Crippen molar-refractivity contribution in [2.24, 2.45) is 5.92 Å². The van der Waals surface area contributed by atoms with Crippen LogP contribution in [0.3, 0.4) is 0 Å². The summed E-state index contributed by atoms with van der Waals surface area (Å²) in [5.41, 5.74) is 2.15. The first-order chi connectivity index (χ1) is 11.9. The Morgan fingerprint density at radius 3 is 2.48 bits per heavy atom. The van der Waals surface area contributed by atoms with Crippen LogP contribution in [0.2, 0.25) is 0 Å². The first-order valence-electron chi connectivity index (χ1n) is 8.74. The van der Waals surface area contributed by atoms with Crippen LogP contribution < -0.4 is 5.32 Å². The van der Waals surface area contributed by atoms with E-state index in [9.17, 15) is 9.90 Å². The molecular weight excluding hydrogens is 318 g/mol. The number of carbonyl (C=O) groups excluding carboxylic acids is 1. The molecule has 0 aliphatic rings. The molecule has 1 aromatic heterocycles. The quantitative estimate of drug-likeness (QED) is 0.768. The number of aliphatic hydroxyl groups excluding tert-OH is 1. The van der Waals surface area contributed by atoms with Gasteiger partial charge in [0.25, 0.3) is 0 Å². The van der Waals surface area contributed by atoms with Crippen LogP contribution in [0.4, 0.5) is 0 Å². The molecule has 6 heteroatoms. The second-order valence-electron chi connectivity index (χ2n) is 6.90. The van der Waals surface area contributed by atoms with Gasteiger partial charge in [-0.25, -0.2) is 0 Å². The van der Waals surface area contributed by atoms with Gasteiger partial charge in [-0.05, 0) is 17.4 Å². The van der Waals surface area contributed by atoms with E-state index in [0.717, 1.165) is 5.56 Å². The fourth-order valence-corrected chi connectivity index (χ4v) is 2.25. The number of benzene rings is 1. The zero-order chi connectivity index (χ0) is 18.4. The number of amides is 1. The van der Waals surface area contributed by atoms with Crippen molar-refractivity contribution in [2.75, 3.05) is 6.54 Å². The van der Waals surface area contributed by atoms with E-state index >= 15 is 0 Å². The van der Waals surface area contributed by atoms with E-state index in [0.29, 0.717) is 24.1 Å². The van der Waals surface area contributed by atoms with Crippen LogP contribution in [-0.2, 0) is 11.2 Å². The molecular formula is C19H27N3O3. The highest BCUT2D eigenvalue weighted by Crippen LogP contribution is 2.20. The van der Waals surface area contributed by atoms with E-state index in [2.05, 4.69) is 41.4 Å². The first kappa shape index (κ1) is 19.1. The minimum absolute atomic E-state index is 0.112. The van der Waals surface area contributed by atoms with Crippen molar-refractivity contribution in [3.63, 3.8) is 0 Å². The Bertz CT molecular complexity index is 677. The van der Waals surface area contributed by atoms with Gasteiger partial charge in [-0.3, -0.25) is 4.79 Å². The van der Waals surface area contributed by atoms with Gasteiger partial charge < -0.3 is 14.9 Å². The van der Waals surface area contributed by atoms with Gasteiger partial charge in [0.15, 0.2) is 0 Å². The molecule has 1 heterocycles. The van der Waals surface area contributed by atoms with Crippen LogP contribution >= 0.6 is 0 Å². The third kappa shape index (κ3) is 5.67. The van der Waals surface area contributed by atoms with Gasteiger partial charge in [0.2, 0.25) is 17.6 Å². The molecule has 0 aliphatic carbocycles. The highest BCUT2D eigenvalue weighted by atomic mass is 16.5. The maximum Gasteiger partial charge on any atom is 0.227 e. The molecule has 1 aromatic carbocycles. The summed E-state index contributed by atoms with van der Waals surface area (Å²) in [4.78, 5) is 16.2. The summed E-state index contributed by atoms with van der Waals surface area (Å²) in [7, 11) is 0. The van der Waals surface area contributed by atoms with E-state index in [1.165, 1.54) is 5.56 Å². The number of hydrogen-bond acceptors (Lipinski definition) is 5. The lowest BCUT2D eigenvalue weighted by atomic mass is 10.0. The summed E-state index contributed by atoms with van der Waals surface area (Å²) in [5, 5.41) is 16.4. The summed E-state index contributed by atoms with van der Waals surface area (Å²) < 4.78 is 5.22. The second-order valence-corrected chi connectivity index (χ2v) is 6.90. The number of aliphatic hydroxyl groups is 1. The highest BCUT2D eigenvalue weighted by molar-refractivity contribution is 5.76. The molecule has 25 heavy (non-hydrogen) atoms. The zero-order valence-electron chi connectivity index (χ0n) is 15.3. The second kappa shape index (κ2) is 8.76. The molecule has 1 unspecified atom stereocenters. The fourth-order valence-electron chi connectivity index (χ4n) is 2.25. The Kier molecular flexibility index (Phi) is 6.70. The van der Waals surface area contributed by atoms with Crippen LogP contribution in [-0.4, -0.2) is 33.8 Å². The van der Waals surface area contributed by atoms with Crippen LogP contribution in [0.5, 0.6) is 0 Å². The van der Waals surface area contributed by atoms with Crippen LogP contribution in [0.25, 0.3) is 11.4 Å². The van der Waals surface area contributed by atoms with Crippen LogP contribution in [0.15, 0.2) is 28.8 Å². The summed E-state index contributed by atoms with van der Waals surface area (Å²) >= 11 is 0. The fraction of sp³-hybridized carbons (Fsp3) is 0.526. The van der Waals surface area contributed by atoms with Crippen molar-refractivity contribution < 1.29 is 14.4 Å². The number of carbonyl (C=O) groups is 1. The number of hydrogen-bond donors (Lipinski definition) is 2. The maximum atomic E-state index is 11.8. The zero-order valence-corrected chi connectivity index (χ0v) is 15.3. The van der Waals surface area contributed by atoms with Crippen molar-refractivity contribution in [3.05, 3.63) is 35.7 Å². The molecule has 2 rings (SSSR count). The smallest absolute Gasteiger partial charge is 0.227 e. The Morgan fingerprint density at radius 2 is 1.88 bits per heavy atom. The van der Waals surface area contributed by atoms with Crippen LogP contribution in [0.1, 0.15) is 51.5 Å². The van der Waals surface area contributed by atoms with Crippen molar-refractivity contribution in [1.29, 1.82) is 0 Å². The Hall–Kier alpha value is -2.21. The standard InChI is InChI=1S/C19H27N3O3/c1-12(2)14-5-7-15(8-6-14)19-21-18(25-22-19)10-9-17(24)20-11-16(23)13(3)4/h5-8,12-13,16,23H,9-11H2,1-4H3,(H,20,24). The molecule has 2 aromatic rings. The molecule has 6 nitrogen and oxygen atoms in total. The molecule has 0 aliphatic heterocycles. The highest BCUT2D eigenvalue weighted by Gasteiger charge is 2.13. The lowest BCUT2D eigenvalue weighted by molar-refractivity contribution is -0.121. The van der Waals surface area contributed by atoms with Gasteiger partial charge in [-0.2, -0.15) is 4.98 Å². The van der Waals surface area contributed by atoms with Gasteiger partial charge in [-0.15, -0.1) is 0 Å². The molecule has 1 atom stereocenters. The average Bonchev–Trinajstić information content (AvgIpc) is 3.06. The van der Waals surface area contributed by atoms with Crippen molar-refractivity contribution in [1.82, 2.24) is 15.5 Å². The topological polar surface area (TPSA) is 88.2 Å². The van der Waals surface area contributed by atoms with Crippen molar-refractivity contribution >= 4 is 5.91 Å². The number of nitrogens with zero attached hydrogens (tertiary/aromatic N) is 2. The van der Waals surface area contributed by atoms with E-state index in [1.54, 1.807) is 0 Å². The largest absolute Gasteiger partial charge is 0.391 e. The molecule has 0 saturated carbocycles. The molecule has 1 amide bonds. The number of aryl methyl sites for hydroxylation is 1. The monoisotopic (exact) mass is 345 g/mol. The third-order valence-electron chi connectivity index (χ3n) is 4.15. The van der Waals surface area contributed by atoms with Gasteiger partial charge in [0.1, 0.15) is 0 Å². The van der Waals surface area contributed by atoms with Gasteiger partial charge >= 0.3 is 0 Å². The number of aromatic nitrogens is 2. The van der Waals surface area contributed by atoms with Gasteiger partial charge in [-0.1, -0.05) is 57.1 Å². The molecule has 0 saturated heterocycles. The third-order valence-corrected chi connectivity index (χ3v) is 4.15. The first-order valence-corrected chi connectivity index (χ1v) is 8.74. The minimum Gasteiger partial charge on any atom is -0.391 e. The average molecular weight is 345 g/mol. The lowest BCUT2D eigenvalue weighted by Gasteiger charge is -2.14.